The zero-order valence-electron chi connectivity index (χ0n) is 18.0. The Morgan fingerprint density at radius 2 is 2.03 bits per heavy atom. The predicted molar refractivity (Wildman–Crippen MR) is 117 cm³/mol. The number of amides is 1. The first-order valence-electron chi connectivity index (χ1n) is 9.91. The maximum atomic E-state index is 12.3. The number of ether oxygens (including phenoxy) is 2. The molecule has 0 saturated carbocycles. The van der Waals surface area contributed by atoms with Gasteiger partial charge in [-0.2, -0.15) is 4.37 Å². The summed E-state index contributed by atoms with van der Waals surface area (Å²) in [6.07, 6.45) is 1.05. The van der Waals surface area contributed by atoms with Gasteiger partial charge in [0.2, 0.25) is 11.0 Å². The van der Waals surface area contributed by atoms with Gasteiger partial charge in [0, 0.05) is 50.6 Å². The molecule has 160 valence electrons. The Morgan fingerprint density at radius 1 is 1.24 bits per heavy atom. The quantitative estimate of drug-likeness (QED) is 0.568. The minimum absolute atomic E-state index is 0.0507. The first-order chi connectivity index (χ1) is 13.9. The molecule has 2 aromatic rings. The summed E-state index contributed by atoms with van der Waals surface area (Å²) in [4.78, 5) is 19.0. The normalized spacial score (nSPS) is 12.1. The van der Waals surface area contributed by atoms with Crippen molar-refractivity contribution in [2.75, 3.05) is 38.8 Å². The summed E-state index contributed by atoms with van der Waals surface area (Å²) in [5.74, 6) is 2.04. The topological polar surface area (TPSA) is 76.6 Å². The SMILES string of the molecule is COCCN(CCC(=O)N[C@H](C)C(C)C)c1nc(Cc2cccc(OC)c2)ns1. The van der Waals surface area contributed by atoms with Gasteiger partial charge in [0.1, 0.15) is 11.6 Å². The summed E-state index contributed by atoms with van der Waals surface area (Å²) < 4.78 is 15.0. The molecule has 29 heavy (non-hydrogen) atoms. The molecule has 1 aromatic heterocycles. The molecule has 2 rings (SSSR count). The third-order valence-corrected chi connectivity index (χ3v) is 5.60. The zero-order valence-corrected chi connectivity index (χ0v) is 18.8. The highest BCUT2D eigenvalue weighted by molar-refractivity contribution is 7.09. The maximum Gasteiger partial charge on any atom is 0.221 e. The third-order valence-electron chi connectivity index (χ3n) is 4.79. The van der Waals surface area contributed by atoms with Crippen LogP contribution in [-0.2, 0) is 16.0 Å². The van der Waals surface area contributed by atoms with E-state index in [2.05, 4.69) is 33.4 Å². The predicted octanol–water partition coefficient (Wildman–Crippen LogP) is 3.14. The highest BCUT2D eigenvalue weighted by Crippen LogP contribution is 2.21. The van der Waals surface area contributed by atoms with Crippen LogP contribution in [0.4, 0.5) is 5.13 Å². The Kier molecular flexibility index (Phi) is 9.34. The van der Waals surface area contributed by atoms with Crippen LogP contribution in [0.25, 0.3) is 0 Å². The Labute approximate surface area is 177 Å². The van der Waals surface area contributed by atoms with E-state index in [1.165, 1.54) is 11.5 Å². The lowest BCUT2D eigenvalue weighted by molar-refractivity contribution is -0.121. The van der Waals surface area contributed by atoms with Gasteiger partial charge in [-0.05, 0) is 30.5 Å². The van der Waals surface area contributed by atoms with Crippen LogP contribution in [-0.4, -0.2) is 55.2 Å². The fourth-order valence-electron chi connectivity index (χ4n) is 2.64. The Balaban J connectivity index is 1.99. The Bertz CT molecular complexity index is 766. The number of carbonyl (C=O) groups is 1. The van der Waals surface area contributed by atoms with Crippen LogP contribution in [0.3, 0.4) is 0 Å². The monoisotopic (exact) mass is 420 g/mol. The van der Waals surface area contributed by atoms with E-state index in [-0.39, 0.29) is 11.9 Å². The molecular weight excluding hydrogens is 388 g/mol. The number of methoxy groups -OCH3 is 2. The molecule has 0 bridgehead atoms. The average molecular weight is 421 g/mol. The van der Waals surface area contributed by atoms with Gasteiger partial charge in [-0.25, -0.2) is 4.98 Å². The molecule has 0 aliphatic carbocycles. The molecule has 0 fully saturated rings. The van der Waals surface area contributed by atoms with Gasteiger partial charge in [-0.1, -0.05) is 26.0 Å². The van der Waals surface area contributed by atoms with Crippen LogP contribution in [0.2, 0.25) is 0 Å². The largest absolute Gasteiger partial charge is 0.497 e. The summed E-state index contributed by atoms with van der Waals surface area (Å²) in [7, 11) is 3.33. The molecule has 1 aromatic carbocycles. The van der Waals surface area contributed by atoms with Crippen LogP contribution in [0.1, 0.15) is 38.6 Å². The molecule has 0 aliphatic heterocycles. The fraction of sp³-hybridized carbons (Fsp3) is 0.571. The van der Waals surface area contributed by atoms with Crippen molar-refractivity contribution in [1.29, 1.82) is 0 Å². The maximum absolute atomic E-state index is 12.3. The standard InChI is InChI=1S/C21H32N4O3S/c1-15(2)16(3)22-20(26)9-10-25(11-12-27-4)21-23-19(24-29-21)14-17-7-6-8-18(13-17)28-5/h6-8,13,15-16H,9-12,14H2,1-5H3,(H,22,26)/t16-/m1/s1. The van der Waals surface area contributed by atoms with Gasteiger partial charge >= 0.3 is 0 Å². The van der Waals surface area contributed by atoms with Gasteiger partial charge in [0.05, 0.1) is 13.7 Å². The van der Waals surface area contributed by atoms with Crippen molar-refractivity contribution in [3.63, 3.8) is 0 Å². The van der Waals surface area contributed by atoms with Crippen LogP contribution in [0.15, 0.2) is 24.3 Å². The first-order valence-corrected chi connectivity index (χ1v) is 10.7. The number of hydrogen-bond donors (Lipinski definition) is 1. The molecule has 0 saturated heterocycles. The number of nitrogens with zero attached hydrogens (tertiary/aromatic N) is 3. The Hall–Kier alpha value is -2.19. The van der Waals surface area contributed by atoms with Crippen LogP contribution in [0.5, 0.6) is 5.75 Å². The van der Waals surface area contributed by atoms with E-state index in [0.717, 1.165) is 22.3 Å². The van der Waals surface area contributed by atoms with Gasteiger partial charge < -0.3 is 19.7 Å². The molecule has 1 amide bonds. The lowest BCUT2D eigenvalue weighted by Gasteiger charge is -2.22. The van der Waals surface area contributed by atoms with E-state index in [4.69, 9.17) is 9.47 Å². The molecular formula is C21H32N4O3S. The number of hydrogen-bond acceptors (Lipinski definition) is 7. The van der Waals surface area contributed by atoms with Crippen LogP contribution in [0, 0.1) is 5.92 Å². The number of rotatable bonds is 12. The molecule has 0 unspecified atom stereocenters. The second kappa shape index (κ2) is 11.7. The number of aromatic nitrogens is 2. The lowest BCUT2D eigenvalue weighted by Crippen LogP contribution is -2.38. The molecule has 7 nitrogen and oxygen atoms in total. The van der Waals surface area contributed by atoms with Crippen molar-refractivity contribution < 1.29 is 14.3 Å². The van der Waals surface area contributed by atoms with E-state index in [1.54, 1.807) is 14.2 Å². The first kappa shape index (κ1) is 23.1. The lowest BCUT2D eigenvalue weighted by atomic mass is 10.1. The van der Waals surface area contributed by atoms with Crippen molar-refractivity contribution >= 4 is 22.6 Å². The third kappa shape index (κ3) is 7.62. The molecule has 0 radical (unpaired) electrons. The second-order valence-electron chi connectivity index (χ2n) is 7.35. The summed E-state index contributed by atoms with van der Waals surface area (Å²) in [6, 6.07) is 8.06. The van der Waals surface area contributed by atoms with Crippen molar-refractivity contribution in [2.24, 2.45) is 5.92 Å². The number of nitrogens with one attached hydrogen (secondary N) is 1. The van der Waals surface area contributed by atoms with Crippen molar-refractivity contribution in [2.45, 2.75) is 39.7 Å². The van der Waals surface area contributed by atoms with Crippen molar-refractivity contribution in [3.05, 3.63) is 35.7 Å². The summed E-state index contributed by atoms with van der Waals surface area (Å²) in [5, 5.41) is 3.86. The second-order valence-corrected chi connectivity index (χ2v) is 8.08. The van der Waals surface area contributed by atoms with Crippen molar-refractivity contribution in [3.8, 4) is 5.75 Å². The van der Waals surface area contributed by atoms with Gasteiger partial charge in [-0.3, -0.25) is 4.79 Å². The van der Waals surface area contributed by atoms with E-state index in [1.807, 2.05) is 31.2 Å². The summed E-state index contributed by atoms with van der Waals surface area (Å²) in [6.45, 7) is 8.03. The van der Waals surface area contributed by atoms with Crippen molar-refractivity contribution in [1.82, 2.24) is 14.7 Å². The molecule has 8 heteroatoms. The fourth-order valence-corrected chi connectivity index (χ4v) is 3.38. The zero-order chi connectivity index (χ0) is 21.2. The molecule has 1 N–H and O–H groups in total. The van der Waals surface area contributed by atoms with E-state index in [9.17, 15) is 4.79 Å². The van der Waals surface area contributed by atoms with Gasteiger partial charge in [-0.15, -0.1) is 0 Å². The summed E-state index contributed by atoms with van der Waals surface area (Å²) in [5.41, 5.74) is 1.10. The van der Waals surface area contributed by atoms with E-state index >= 15 is 0 Å². The summed E-state index contributed by atoms with van der Waals surface area (Å²) >= 11 is 1.35. The van der Waals surface area contributed by atoms with Gasteiger partial charge in [0.15, 0.2) is 0 Å². The van der Waals surface area contributed by atoms with Crippen LogP contribution >= 0.6 is 11.5 Å². The average Bonchev–Trinajstić information content (AvgIpc) is 3.16. The molecule has 1 heterocycles. The van der Waals surface area contributed by atoms with Crippen LogP contribution < -0.4 is 15.0 Å². The number of benzene rings is 1. The highest BCUT2D eigenvalue weighted by atomic mass is 32.1. The molecule has 1 atom stereocenters. The number of anilines is 1. The molecule has 0 spiro atoms. The highest BCUT2D eigenvalue weighted by Gasteiger charge is 2.16. The van der Waals surface area contributed by atoms with Gasteiger partial charge in [0.25, 0.3) is 0 Å². The number of carbonyl (C=O) groups excluding carboxylic acids is 1. The molecule has 0 aliphatic rings. The minimum atomic E-state index is 0.0507. The smallest absolute Gasteiger partial charge is 0.221 e. The van der Waals surface area contributed by atoms with E-state index in [0.29, 0.717) is 38.5 Å². The minimum Gasteiger partial charge on any atom is -0.497 e. The van der Waals surface area contributed by atoms with E-state index < -0.39 is 0 Å². The Morgan fingerprint density at radius 3 is 2.72 bits per heavy atom.